The van der Waals surface area contributed by atoms with Gasteiger partial charge in [0.05, 0.1) is 13.2 Å². The number of halogens is 2. The third kappa shape index (κ3) is 3.18. The fourth-order valence-electron chi connectivity index (χ4n) is 1.95. The second-order valence-corrected chi connectivity index (χ2v) is 4.51. The number of anilines is 1. The van der Waals surface area contributed by atoms with Gasteiger partial charge in [-0.1, -0.05) is 0 Å². The first-order valence-electron chi connectivity index (χ1n) is 6.37. The molecule has 0 unspecified atom stereocenters. The summed E-state index contributed by atoms with van der Waals surface area (Å²) in [6.07, 6.45) is 0. The number of nitrogens with two attached hydrogens (primary N) is 1. The number of hydrogen-bond acceptors (Lipinski definition) is 4. The summed E-state index contributed by atoms with van der Waals surface area (Å²) in [6.45, 7) is 3.60. The molecule has 2 aromatic rings. The number of ether oxygens (including phenoxy) is 1. The van der Waals surface area contributed by atoms with Crippen LogP contribution in [0.1, 0.15) is 28.5 Å². The van der Waals surface area contributed by atoms with Gasteiger partial charge in [-0.3, -0.25) is 0 Å². The summed E-state index contributed by atoms with van der Waals surface area (Å²) in [6, 6.07) is 3.15. The van der Waals surface area contributed by atoms with Crippen molar-refractivity contribution in [1.82, 2.24) is 9.78 Å². The molecule has 7 heteroatoms. The van der Waals surface area contributed by atoms with E-state index in [-0.39, 0.29) is 24.7 Å². The molecule has 1 aromatic carbocycles. The number of esters is 1. The van der Waals surface area contributed by atoms with E-state index in [2.05, 4.69) is 5.10 Å². The molecule has 21 heavy (non-hydrogen) atoms. The largest absolute Gasteiger partial charge is 0.461 e. The minimum Gasteiger partial charge on any atom is -0.461 e. The average Bonchev–Trinajstić information content (AvgIpc) is 2.66. The van der Waals surface area contributed by atoms with Crippen molar-refractivity contribution in [3.05, 3.63) is 46.7 Å². The Labute approximate surface area is 120 Å². The lowest BCUT2D eigenvalue weighted by Crippen LogP contribution is -2.09. The van der Waals surface area contributed by atoms with Crippen molar-refractivity contribution in [3.8, 4) is 0 Å². The van der Waals surface area contributed by atoms with E-state index in [1.54, 1.807) is 13.8 Å². The van der Waals surface area contributed by atoms with Crippen LogP contribution in [0.5, 0.6) is 0 Å². The lowest BCUT2D eigenvalue weighted by Gasteiger charge is -2.05. The van der Waals surface area contributed by atoms with E-state index in [0.717, 1.165) is 6.07 Å². The van der Waals surface area contributed by atoms with Gasteiger partial charge in [0.15, 0.2) is 5.69 Å². The van der Waals surface area contributed by atoms with Crippen LogP contribution in [0.25, 0.3) is 0 Å². The molecule has 2 N–H and O–H groups in total. The zero-order valence-electron chi connectivity index (χ0n) is 11.7. The van der Waals surface area contributed by atoms with Crippen LogP contribution in [0.4, 0.5) is 14.6 Å². The van der Waals surface area contributed by atoms with Crippen molar-refractivity contribution < 1.29 is 18.3 Å². The molecule has 0 fully saturated rings. The van der Waals surface area contributed by atoms with Crippen molar-refractivity contribution in [2.75, 3.05) is 12.3 Å². The lowest BCUT2D eigenvalue weighted by atomic mass is 10.2. The molecule has 0 saturated carbocycles. The Bertz CT molecular complexity index is 663. The van der Waals surface area contributed by atoms with Crippen LogP contribution in [0, 0.1) is 18.6 Å². The number of carbonyl (C=O) groups is 1. The van der Waals surface area contributed by atoms with Crippen LogP contribution >= 0.6 is 0 Å². The number of hydrogen-bond donors (Lipinski definition) is 1. The summed E-state index contributed by atoms with van der Waals surface area (Å²) in [5.74, 6) is -1.69. The Hall–Kier alpha value is -2.44. The van der Waals surface area contributed by atoms with Gasteiger partial charge in [0.1, 0.15) is 17.5 Å². The number of aromatic nitrogens is 2. The van der Waals surface area contributed by atoms with E-state index in [4.69, 9.17) is 10.5 Å². The maximum atomic E-state index is 13.2. The first kappa shape index (κ1) is 15.0. The summed E-state index contributed by atoms with van der Waals surface area (Å²) in [5.41, 5.74) is 6.81. The SMILES string of the molecule is CCOC(=O)c1nn(Cc2cc(F)cc(F)c2)c(N)c1C. The highest BCUT2D eigenvalue weighted by atomic mass is 19.1. The summed E-state index contributed by atoms with van der Waals surface area (Å²) < 4.78 is 32.5. The molecule has 0 saturated heterocycles. The predicted octanol–water partition coefficient (Wildman–Crippen LogP) is 2.28. The van der Waals surface area contributed by atoms with Crippen LogP contribution in [0.3, 0.4) is 0 Å². The number of rotatable bonds is 4. The molecule has 0 atom stereocenters. The Morgan fingerprint density at radius 2 is 1.95 bits per heavy atom. The number of carbonyl (C=O) groups excluding carboxylic acids is 1. The second kappa shape index (κ2) is 5.90. The molecule has 1 heterocycles. The average molecular weight is 295 g/mol. The van der Waals surface area contributed by atoms with Gasteiger partial charge in [-0.15, -0.1) is 0 Å². The van der Waals surface area contributed by atoms with Crippen molar-refractivity contribution in [1.29, 1.82) is 0 Å². The van der Waals surface area contributed by atoms with Gasteiger partial charge in [-0.2, -0.15) is 5.10 Å². The highest BCUT2D eigenvalue weighted by Crippen LogP contribution is 2.18. The molecule has 2 rings (SSSR count). The first-order chi connectivity index (χ1) is 9.92. The van der Waals surface area contributed by atoms with Gasteiger partial charge in [0.2, 0.25) is 0 Å². The van der Waals surface area contributed by atoms with E-state index in [9.17, 15) is 13.6 Å². The van der Waals surface area contributed by atoms with Crippen LogP contribution in [-0.2, 0) is 11.3 Å². The Morgan fingerprint density at radius 3 is 2.52 bits per heavy atom. The van der Waals surface area contributed by atoms with Gasteiger partial charge in [-0.05, 0) is 31.5 Å². The van der Waals surface area contributed by atoms with E-state index >= 15 is 0 Å². The number of benzene rings is 1. The minimum absolute atomic E-state index is 0.0563. The third-order valence-corrected chi connectivity index (χ3v) is 2.96. The van der Waals surface area contributed by atoms with Crippen molar-refractivity contribution in [2.45, 2.75) is 20.4 Å². The fraction of sp³-hybridized carbons (Fsp3) is 0.286. The van der Waals surface area contributed by atoms with E-state index in [1.807, 2.05) is 0 Å². The molecule has 1 aromatic heterocycles. The lowest BCUT2D eigenvalue weighted by molar-refractivity contribution is 0.0517. The molecule has 0 radical (unpaired) electrons. The molecule has 0 amide bonds. The van der Waals surface area contributed by atoms with E-state index in [1.165, 1.54) is 16.8 Å². The van der Waals surface area contributed by atoms with Crippen molar-refractivity contribution in [2.24, 2.45) is 0 Å². The van der Waals surface area contributed by atoms with Crippen LogP contribution in [-0.4, -0.2) is 22.4 Å². The predicted molar refractivity (Wildman–Crippen MR) is 72.8 cm³/mol. The fourth-order valence-corrected chi connectivity index (χ4v) is 1.95. The van der Waals surface area contributed by atoms with Gasteiger partial charge in [-0.25, -0.2) is 18.3 Å². The Balaban J connectivity index is 2.32. The van der Waals surface area contributed by atoms with E-state index in [0.29, 0.717) is 11.1 Å². The van der Waals surface area contributed by atoms with Crippen molar-refractivity contribution in [3.63, 3.8) is 0 Å². The highest BCUT2D eigenvalue weighted by molar-refractivity contribution is 5.90. The van der Waals surface area contributed by atoms with Gasteiger partial charge < -0.3 is 10.5 Å². The van der Waals surface area contributed by atoms with Gasteiger partial charge >= 0.3 is 5.97 Å². The monoisotopic (exact) mass is 295 g/mol. The molecule has 112 valence electrons. The van der Waals surface area contributed by atoms with Crippen molar-refractivity contribution >= 4 is 11.8 Å². The van der Waals surface area contributed by atoms with Crippen LogP contribution in [0.15, 0.2) is 18.2 Å². The zero-order valence-corrected chi connectivity index (χ0v) is 11.7. The van der Waals surface area contributed by atoms with Gasteiger partial charge in [0, 0.05) is 11.6 Å². The molecule has 0 spiro atoms. The summed E-state index contributed by atoms with van der Waals surface area (Å²) >= 11 is 0. The molecule has 0 aliphatic rings. The molecular weight excluding hydrogens is 280 g/mol. The maximum Gasteiger partial charge on any atom is 0.359 e. The molecule has 0 aliphatic carbocycles. The minimum atomic E-state index is -0.682. The number of nitrogens with zero attached hydrogens (tertiary/aromatic N) is 2. The standard InChI is InChI=1S/C14H15F2N3O2/c1-3-21-14(20)12-8(2)13(17)19(18-12)7-9-4-10(15)6-11(16)5-9/h4-6H,3,7,17H2,1-2H3. The molecule has 5 nitrogen and oxygen atoms in total. The molecular formula is C14H15F2N3O2. The Kier molecular flexibility index (Phi) is 4.21. The van der Waals surface area contributed by atoms with Crippen LogP contribution in [0.2, 0.25) is 0 Å². The normalized spacial score (nSPS) is 10.7. The van der Waals surface area contributed by atoms with Crippen LogP contribution < -0.4 is 5.73 Å². The zero-order chi connectivity index (χ0) is 15.6. The maximum absolute atomic E-state index is 13.2. The highest BCUT2D eigenvalue weighted by Gasteiger charge is 2.19. The quantitative estimate of drug-likeness (QED) is 0.878. The van der Waals surface area contributed by atoms with Gasteiger partial charge in [0.25, 0.3) is 0 Å². The third-order valence-electron chi connectivity index (χ3n) is 2.96. The summed E-state index contributed by atoms with van der Waals surface area (Å²) in [4.78, 5) is 11.7. The second-order valence-electron chi connectivity index (χ2n) is 4.51. The summed E-state index contributed by atoms with van der Waals surface area (Å²) in [5, 5.41) is 4.05. The molecule has 0 aliphatic heterocycles. The van der Waals surface area contributed by atoms with E-state index < -0.39 is 17.6 Å². The Morgan fingerprint density at radius 1 is 1.33 bits per heavy atom. The topological polar surface area (TPSA) is 70.1 Å². The smallest absolute Gasteiger partial charge is 0.359 e. The first-order valence-corrected chi connectivity index (χ1v) is 6.37. The number of nitrogen functional groups attached to an aromatic ring is 1. The molecule has 0 bridgehead atoms. The summed E-state index contributed by atoms with van der Waals surface area (Å²) in [7, 11) is 0.